The van der Waals surface area contributed by atoms with Gasteiger partial charge in [0, 0.05) is 0 Å². The van der Waals surface area contributed by atoms with E-state index in [2.05, 4.69) is 0 Å². The first-order valence-electron chi connectivity index (χ1n) is 7.08. The van der Waals surface area contributed by atoms with Gasteiger partial charge in [0.15, 0.2) is 12.6 Å². The number of hydrogen-bond acceptors (Lipinski definition) is 11. The van der Waals surface area contributed by atoms with Crippen molar-refractivity contribution >= 4 is 0 Å². The number of aliphatic hydroxyl groups excluding tert-OH is 8. The fourth-order valence-electron chi connectivity index (χ4n) is 2.57. The van der Waals surface area contributed by atoms with Crippen molar-refractivity contribution in [1.29, 1.82) is 0 Å². The summed E-state index contributed by atoms with van der Waals surface area (Å²) in [6.07, 6.45) is -15.6. The second kappa shape index (κ2) is 7.63. The molecule has 0 spiro atoms. The first-order chi connectivity index (χ1) is 10.8. The van der Waals surface area contributed by atoms with Crippen molar-refractivity contribution < 1.29 is 55.1 Å². The minimum Gasteiger partial charge on any atom is -0.394 e. The highest BCUT2D eigenvalue weighted by molar-refractivity contribution is 4.93. The lowest BCUT2D eigenvalue weighted by Gasteiger charge is -2.45. The van der Waals surface area contributed by atoms with Crippen LogP contribution < -0.4 is 0 Å². The van der Waals surface area contributed by atoms with Crippen LogP contribution in [0.1, 0.15) is 0 Å². The van der Waals surface area contributed by atoms with Gasteiger partial charge in [0.2, 0.25) is 0 Å². The summed E-state index contributed by atoms with van der Waals surface area (Å²) >= 11 is 0. The molecule has 0 amide bonds. The normalized spacial score (nSPS) is 51.7. The summed E-state index contributed by atoms with van der Waals surface area (Å²) in [5, 5.41) is 76.5. The number of rotatable bonds is 4. The van der Waals surface area contributed by atoms with Crippen LogP contribution in [0.4, 0.5) is 0 Å². The number of aliphatic hydroxyl groups is 8. The van der Waals surface area contributed by atoms with Crippen molar-refractivity contribution in [2.45, 2.75) is 61.4 Å². The summed E-state index contributed by atoms with van der Waals surface area (Å²) in [6.45, 7) is -1.35. The Morgan fingerprint density at radius 1 is 0.652 bits per heavy atom. The number of ether oxygens (including phenoxy) is 3. The van der Waals surface area contributed by atoms with Crippen molar-refractivity contribution in [3.63, 3.8) is 0 Å². The zero-order valence-corrected chi connectivity index (χ0v) is 12.0. The highest BCUT2D eigenvalue weighted by Gasteiger charge is 2.50. The van der Waals surface area contributed by atoms with E-state index in [9.17, 15) is 35.7 Å². The zero-order valence-electron chi connectivity index (χ0n) is 12.0. The van der Waals surface area contributed by atoms with Crippen molar-refractivity contribution in [1.82, 2.24) is 0 Å². The molecule has 0 bridgehead atoms. The summed E-state index contributed by atoms with van der Waals surface area (Å²) < 4.78 is 15.3. The second-order valence-electron chi connectivity index (χ2n) is 5.53. The van der Waals surface area contributed by atoms with Crippen molar-refractivity contribution in [2.75, 3.05) is 13.2 Å². The maximum atomic E-state index is 9.94. The van der Waals surface area contributed by atoms with Crippen LogP contribution in [0, 0.1) is 0 Å². The fourth-order valence-corrected chi connectivity index (χ4v) is 2.57. The molecule has 11 nitrogen and oxygen atoms in total. The molecule has 2 heterocycles. The van der Waals surface area contributed by atoms with E-state index in [1.54, 1.807) is 0 Å². The van der Waals surface area contributed by atoms with Gasteiger partial charge in [-0.1, -0.05) is 0 Å². The molecule has 4 unspecified atom stereocenters. The molecule has 2 aliphatic rings. The molecule has 0 saturated carbocycles. The molecule has 2 fully saturated rings. The van der Waals surface area contributed by atoms with Gasteiger partial charge in [0.1, 0.15) is 48.8 Å². The van der Waals surface area contributed by atoms with Gasteiger partial charge in [-0.15, -0.1) is 0 Å². The monoisotopic (exact) mass is 342 g/mol. The fraction of sp³-hybridized carbons (Fsp3) is 1.00. The van der Waals surface area contributed by atoms with Gasteiger partial charge in [-0.3, -0.25) is 0 Å². The molecule has 2 aliphatic heterocycles. The highest BCUT2D eigenvalue weighted by atomic mass is 16.7. The predicted octanol–water partition coefficient (Wildman–Crippen LogP) is -5.40. The van der Waals surface area contributed by atoms with E-state index in [-0.39, 0.29) is 0 Å². The third kappa shape index (κ3) is 3.65. The van der Waals surface area contributed by atoms with Gasteiger partial charge in [0.05, 0.1) is 13.2 Å². The van der Waals surface area contributed by atoms with Crippen LogP contribution in [0.3, 0.4) is 0 Å². The Bertz CT molecular complexity index is 378. The maximum Gasteiger partial charge on any atom is 0.187 e. The molecule has 136 valence electrons. The largest absolute Gasteiger partial charge is 0.394 e. The number of hydrogen-bond donors (Lipinski definition) is 8. The maximum absolute atomic E-state index is 9.94. The molecule has 11 heteroatoms. The summed E-state index contributed by atoms with van der Waals surface area (Å²) in [7, 11) is 0. The Hall–Kier alpha value is -0.440. The van der Waals surface area contributed by atoms with E-state index >= 15 is 0 Å². The van der Waals surface area contributed by atoms with Crippen LogP contribution in [0.15, 0.2) is 0 Å². The van der Waals surface area contributed by atoms with Gasteiger partial charge in [-0.2, -0.15) is 0 Å². The lowest BCUT2D eigenvalue weighted by Crippen LogP contribution is -2.64. The smallest absolute Gasteiger partial charge is 0.187 e. The zero-order chi connectivity index (χ0) is 17.3. The van der Waals surface area contributed by atoms with Crippen molar-refractivity contribution in [2.24, 2.45) is 0 Å². The summed E-state index contributed by atoms with van der Waals surface area (Å²) in [5.74, 6) is 0. The third-order valence-corrected chi connectivity index (χ3v) is 3.98. The second-order valence-corrected chi connectivity index (χ2v) is 5.53. The summed E-state index contributed by atoms with van der Waals surface area (Å²) in [5.41, 5.74) is 0. The molecule has 2 saturated heterocycles. The van der Waals surface area contributed by atoms with E-state index in [1.165, 1.54) is 0 Å². The first kappa shape index (κ1) is 18.9. The van der Waals surface area contributed by atoms with Crippen LogP contribution in [-0.4, -0.2) is 115 Å². The predicted molar refractivity (Wildman–Crippen MR) is 68.6 cm³/mol. The summed E-state index contributed by atoms with van der Waals surface area (Å²) in [6, 6.07) is 0. The van der Waals surface area contributed by atoms with Gasteiger partial charge in [-0.05, 0) is 0 Å². The van der Waals surface area contributed by atoms with Crippen LogP contribution in [0.2, 0.25) is 0 Å². The minimum absolute atomic E-state index is 0.667. The Morgan fingerprint density at radius 2 is 1.26 bits per heavy atom. The van der Waals surface area contributed by atoms with Gasteiger partial charge >= 0.3 is 0 Å². The highest BCUT2D eigenvalue weighted by Crippen LogP contribution is 2.28. The molecule has 8 N–H and O–H groups in total. The average Bonchev–Trinajstić information content (AvgIpc) is 2.55. The van der Waals surface area contributed by atoms with E-state index in [0.29, 0.717) is 0 Å². The molecule has 0 aromatic rings. The lowest BCUT2D eigenvalue weighted by atomic mass is 9.97. The van der Waals surface area contributed by atoms with Crippen LogP contribution in [0.5, 0.6) is 0 Å². The molecule has 0 aromatic carbocycles. The lowest BCUT2D eigenvalue weighted by molar-refractivity contribution is -0.355. The molecule has 10 atom stereocenters. The topological polar surface area (TPSA) is 190 Å². The van der Waals surface area contributed by atoms with Crippen molar-refractivity contribution in [3.05, 3.63) is 0 Å². The summed E-state index contributed by atoms with van der Waals surface area (Å²) in [4.78, 5) is 0. The Kier molecular flexibility index (Phi) is 6.27. The third-order valence-electron chi connectivity index (χ3n) is 3.98. The molecule has 23 heavy (non-hydrogen) atoms. The van der Waals surface area contributed by atoms with Gasteiger partial charge in [0.25, 0.3) is 0 Å². The SMILES string of the molecule is OCC1O[C@@H](O[C@H]2C(CO)O[C@@H](O)C(O)[C@@H]2O)C(O)[C@H](O)[C@@H]1O. The minimum atomic E-state index is -1.74. The molecule has 0 radical (unpaired) electrons. The van der Waals surface area contributed by atoms with E-state index in [4.69, 9.17) is 19.3 Å². The Morgan fingerprint density at radius 3 is 1.83 bits per heavy atom. The first-order valence-corrected chi connectivity index (χ1v) is 7.08. The standard InChI is InChI=1S/C12H22O11/c13-1-3-5(15)6(16)9(19)12(22-3)23-10-4(2-14)21-11(20)8(18)7(10)17/h3-20H,1-2H2/t3?,4?,5-,6-,7+,8?,9?,10+,11-,12+/m1/s1. The average molecular weight is 342 g/mol. The van der Waals surface area contributed by atoms with Gasteiger partial charge in [-0.25, -0.2) is 0 Å². The van der Waals surface area contributed by atoms with E-state index < -0.39 is 74.6 Å². The Balaban J connectivity index is 2.11. The van der Waals surface area contributed by atoms with Crippen molar-refractivity contribution in [3.8, 4) is 0 Å². The van der Waals surface area contributed by atoms with Crippen LogP contribution in [0.25, 0.3) is 0 Å². The van der Waals surface area contributed by atoms with Crippen LogP contribution >= 0.6 is 0 Å². The van der Waals surface area contributed by atoms with E-state index in [1.807, 2.05) is 0 Å². The molecule has 2 rings (SSSR count). The van der Waals surface area contributed by atoms with Crippen LogP contribution in [-0.2, 0) is 14.2 Å². The van der Waals surface area contributed by atoms with E-state index in [0.717, 1.165) is 0 Å². The molecular weight excluding hydrogens is 320 g/mol. The Labute approximate surface area is 130 Å². The molecular formula is C12H22O11. The quantitative estimate of drug-likeness (QED) is 0.243. The molecule has 0 aliphatic carbocycles. The molecule has 0 aromatic heterocycles. The van der Waals surface area contributed by atoms with Gasteiger partial charge < -0.3 is 55.1 Å².